The van der Waals surface area contributed by atoms with E-state index in [1.54, 1.807) is 84.7 Å². The molecule has 0 bridgehead atoms. The zero-order valence-corrected chi connectivity index (χ0v) is 69.4. The molecule has 4 saturated heterocycles. The van der Waals surface area contributed by atoms with E-state index in [0.29, 0.717) is 22.5 Å². The molecule has 24 atom stereocenters. The smallest absolute Gasteiger partial charge is 0.335 e. The van der Waals surface area contributed by atoms with Crippen LogP contribution in [0.5, 0.6) is 0 Å². The summed E-state index contributed by atoms with van der Waals surface area (Å²) in [6, 6.07) is 13.6. The van der Waals surface area contributed by atoms with Crippen LogP contribution in [0.3, 0.4) is 0 Å². The van der Waals surface area contributed by atoms with Crippen LogP contribution in [-0.2, 0) is 115 Å². The minimum atomic E-state index is -2.37. The van der Waals surface area contributed by atoms with Gasteiger partial charge in [-0.05, 0) is 48.2 Å². The van der Waals surface area contributed by atoms with E-state index in [2.05, 4.69) is 62.5 Å². The Morgan fingerprint density at radius 2 is 1.05 bits per heavy atom. The van der Waals surface area contributed by atoms with Crippen molar-refractivity contribution in [3.8, 4) is 0 Å². The Hall–Kier alpha value is -11.1. The Labute approximate surface area is 729 Å². The van der Waals surface area contributed by atoms with Crippen LogP contribution in [0.25, 0.3) is 11.2 Å². The van der Waals surface area contributed by atoms with Gasteiger partial charge in [-0.15, -0.1) is 0 Å². The van der Waals surface area contributed by atoms with Crippen molar-refractivity contribution in [2.24, 2.45) is 5.73 Å². The van der Waals surface area contributed by atoms with Crippen molar-refractivity contribution in [3.05, 3.63) is 114 Å². The van der Waals surface area contributed by atoms with Crippen LogP contribution in [0.1, 0.15) is 66.7 Å². The predicted octanol–water partition coefficient (Wildman–Crippen LogP) is -9.68. The average Bonchev–Trinajstić information content (AvgIpc) is 0.779. The number of aliphatic hydroxyl groups excluding tert-OH is 10. The van der Waals surface area contributed by atoms with Gasteiger partial charge in [0.25, 0.3) is 11.8 Å². The minimum absolute atomic E-state index is 0.0136. The molecule has 702 valence electrons. The third-order valence-electron chi connectivity index (χ3n) is 20.6. The van der Waals surface area contributed by atoms with Crippen LogP contribution in [0.4, 0.5) is 17.5 Å². The van der Waals surface area contributed by atoms with Gasteiger partial charge in [0, 0.05) is 71.1 Å². The van der Waals surface area contributed by atoms with Gasteiger partial charge in [0.2, 0.25) is 47.3 Å². The number of carboxylic acids is 2. The number of nitrogen functional groups attached to an aromatic ring is 2. The Bertz CT molecular complexity index is 4550. The number of nitrogens with two attached hydrogens (primary N) is 3. The number of benzene rings is 3. The molecule has 49 heteroatoms. The third-order valence-corrected chi connectivity index (χ3v) is 20.6. The molecule has 2 aromatic heterocycles. The first-order valence-electron chi connectivity index (χ1n) is 40.5. The van der Waals surface area contributed by atoms with Gasteiger partial charge in [0.1, 0.15) is 109 Å². The van der Waals surface area contributed by atoms with Crippen molar-refractivity contribution >= 4 is 93.7 Å². The fourth-order valence-corrected chi connectivity index (χ4v) is 14.1. The number of amides is 9. The van der Waals surface area contributed by atoms with E-state index in [9.17, 15) is 114 Å². The quantitative estimate of drug-likeness (QED) is 0.0161. The Kier molecular flexibility index (Phi) is 38.0. The summed E-state index contributed by atoms with van der Waals surface area (Å²) >= 11 is 0. The number of anilines is 3. The van der Waals surface area contributed by atoms with Gasteiger partial charge in [0.05, 0.1) is 71.1 Å². The van der Waals surface area contributed by atoms with E-state index in [0.717, 1.165) is 13.8 Å². The summed E-state index contributed by atoms with van der Waals surface area (Å²) in [7, 11) is 1.74. The van der Waals surface area contributed by atoms with Gasteiger partial charge in [-0.2, -0.15) is 9.97 Å². The average molecular weight is 1810 g/mol. The molecule has 0 saturated carbocycles. The van der Waals surface area contributed by atoms with Crippen LogP contribution in [0.2, 0.25) is 0 Å². The second-order valence-corrected chi connectivity index (χ2v) is 30.2. The number of carboxylic acid groups (broad SMARTS) is 2. The third kappa shape index (κ3) is 28.2. The summed E-state index contributed by atoms with van der Waals surface area (Å²) in [6.45, 7) is 0.190. The molecule has 3 aromatic carbocycles. The van der Waals surface area contributed by atoms with Crippen LogP contribution >= 0.6 is 0 Å². The lowest BCUT2D eigenvalue weighted by Gasteiger charge is -2.49. The topological polar surface area (TPSA) is 752 Å². The number of aromatic nitrogens is 4. The number of primary amides is 1. The Morgan fingerprint density at radius 1 is 0.523 bits per heavy atom. The number of ether oxygens (including phenoxy) is 10. The van der Waals surface area contributed by atoms with Crippen LogP contribution < -0.4 is 64.6 Å². The number of aliphatic carboxylic acids is 2. The highest BCUT2D eigenvalue weighted by molar-refractivity contribution is 6.00. The number of nitrogens with zero attached hydrogens (tertiary/aromatic N) is 5. The first-order valence-corrected chi connectivity index (χ1v) is 40.5. The van der Waals surface area contributed by atoms with Crippen LogP contribution in [-0.4, -0.2) is 366 Å². The number of rotatable bonds is 46. The van der Waals surface area contributed by atoms with Gasteiger partial charge in [0.15, 0.2) is 54.3 Å². The predicted molar refractivity (Wildman–Crippen MR) is 434 cm³/mol. The number of carbonyl (C=O) groups excluding carboxylic acids is 9. The summed E-state index contributed by atoms with van der Waals surface area (Å²) < 4.78 is 56.3. The zero-order chi connectivity index (χ0) is 93.2. The molecule has 6 heterocycles. The largest absolute Gasteiger partial charge is 0.481 e. The molecule has 4 aliphatic rings. The summed E-state index contributed by atoms with van der Waals surface area (Å²) in [5.74, 6) is -11.5. The number of fused-ring (bicyclic) bond motifs is 1. The van der Waals surface area contributed by atoms with Crippen molar-refractivity contribution in [1.29, 1.82) is 0 Å². The molecule has 9 amide bonds. The maximum atomic E-state index is 14.6. The van der Waals surface area contributed by atoms with Crippen molar-refractivity contribution in [2.45, 2.75) is 206 Å². The molecule has 0 spiro atoms. The van der Waals surface area contributed by atoms with Crippen molar-refractivity contribution in [2.75, 3.05) is 89.4 Å². The second-order valence-electron chi connectivity index (χ2n) is 30.2. The normalized spacial score (nSPS) is 26.7. The molecule has 4 aliphatic heterocycles. The minimum Gasteiger partial charge on any atom is -0.481 e. The molecule has 0 radical (unpaired) electrons. The number of carbonyl (C=O) groups is 11. The molecule has 4 fully saturated rings. The van der Waals surface area contributed by atoms with E-state index in [1.165, 1.54) is 18.3 Å². The van der Waals surface area contributed by atoms with Gasteiger partial charge in [-0.1, -0.05) is 60.7 Å². The highest BCUT2D eigenvalue weighted by Gasteiger charge is 2.58. The van der Waals surface area contributed by atoms with Crippen molar-refractivity contribution < 1.29 is 161 Å². The standard InChI is InChI=1S/C79H108N16O33/c1-36(98)86-51-61(54(103)47(34-96)122-75(51)118)124-78-60(109)58(107)63(65(128-78)74(116)117)126-76-52(87-37(2)99)62(55(104)48(35-97)123-76)125-77-59(108)56(105)57(106)64(127-77)73(115)84-22-24-120-26-28-121-27-25-119-23-10-21-83-69(111)44(29-38-11-6-4-7-12-38)90-71(113)45(30-39-13-8-5-9-14-39)91-72(114)46(31-49(80)100)92-70(112)43(19-20-50(101)102)89-68(110)40-15-17-42(18-16-40)95(3)33-41-32-85-67-53(88-41)66(81)93-79(82)94-67/h4-9,11-18,32,43-48,51-52,54-65,75-78,96-97,103-109,118H,10,19-31,33-35H2,1-3H3,(H2,80,100)(H,83,111)(H,84,115)(H,86,98)(H,87,99)(H,89,110)(H,90,113)(H,91,114)(H,92,112)(H,101,102)(H,116,117)(H4,81,82,85,93,94)/t43-,44-,45-,46-,47+,48+,51+,52+,54+,55+,56-,57-,58+,59+,60+,61-,62+,63-,64-,65-,75+,76-,77+,78+/m0/s1. The molecule has 9 rings (SSSR count). The lowest BCUT2D eigenvalue weighted by atomic mass is 9.94. The molecule has 49 nitrogen and oxygen atoms in total. The van der Waals surface area contributed by atoms with Gasteiger partial charge in [-0.3, -0.25) is 47.9 Å². The Morgan fingerprint density at radius 3 is 1.62 bits per heavy atom. The molecule has 26 N–H and O–H groups in total. The fraction of sp³-hybridized carbons (Fsp3) is 0.557. The van der Waals surface area contributed by atoms with E-state index in [1.807, 2.05) is 0 Å². The highest BCUT2D eigenvalue weighted by Crippen LogP contribution is 2.36. The first kappa shape index (κ1) is 101. The zero-order valence-electron chi connectivity index (χ0n) is 69.4. The molecule has 0 aliphatic carbocycles. The summed E-state index contributed by atoms with van der Waals surface area (Å²) in [5, 5.41) is 149. The van der Waals surface area contributed by atoms with Crippen LogP contribution in [0.15, 0.2) is 91.1 Å². The van der Waals surface area contributed by atoms with Crippen LogP contribution in [0, 0.1) is 0 Å². The molecule has 0 unspecified atom stereocenters. The van der Waals surface area contributed by atoms with Crippen molar-refractivity contribution in [1.82, 2.24) is 62.5 Å². The fourth-order valence-electron chi connectivity index (χ4n) is 14.1. The van der Waals surface area contributed by atoms with Crippen molar-refractivity contribution in [3.63, 3.8) is 0 Å². The first-order chi connectivity index (χ1) is 61.0. The van der Waals surface area contributed by atoms with E-state index in [-0.39, 0.29) is 107 Å². The van der Waals surface area contributed by atoms with Gasteiger partial charge in [-0.25, -0.2) is 14.8 Å². The summed E-state index contributed by atoms with van der Waals surface area (Å²) in [6.07, 6.45) is -37.8. The molecular weight excluding hydrogens is 1700 g/mol. The van der Waals surface area contributed by atoms with Gasteiger partial charge >= 0.3 is 11.9 Å². The summed E-state index contributed by atoms with van der Waals surface area (Å²) in [4.78, 5) is 165. The van der Waals surface area contributed by atoms with E-state index >= 15 is 0 Å². The van der Waals surface area contributed by atoms with Gasteiger partial charge < -0.3 is 173 Å². The molecular formula is C79H108N16O33. The summed E-state index contributed by atoms with van der Waals surface area (Å²) in [5.41, 5.74) is 20.1. The highest BCUT2D eigenvalue weighted by atomic mass is 16.8. The second kappa shape index (κ2) is 48.3. The number of hydrogen-bond donors (Lipinski definition) is 23. The number of hydrogen-bond acceptors (Lipinski definition) is 38. The number of aliphatic hydroxyl groups is 10. The van der Waals surface area contributed by atoms with E-state index in [4.69, 9.17) is 64.6 Å². The Balaban J connectivity index is 0.716. The van der Waals surface area contributed by atoms with E-state index < -0.39 is 244 Å². The monoisotopic (exact) mass is 1810 g/mol. The maximum absolute atomic E-state index is 14.6. The number of nitrogens with one attached hydrogen (secondary N) is 8. The SMILES string of the molecule is CC(=O)N[C@@H]1[C@H](O[C@@H]2O[C@H](C(=O)O)[C@@H](O[C@@H]3O[C@H](CO)[C@@H](O)[C@H](O[C@@H]4O[C@H](C(=O)NCCOCCOCCOCCCNC(=O)[C@H](Cc5ccccc5)NC(=O)[C@H](Cc5ccccc5)NC(=O)[C@H](CC(N)=O)NC(=O)[C@H](CCC(=O)O)NC(=O)c5ccc(N(C)Cc6cnc7nc(N)nc(N)c7n6)cc5)[C@@H](O)[C@H](O)[C@H]4O)[C@H]3NC(C)=O)[C@H](O)[C@H]2O)[C@H](O)[C@@H](CO)O[C@H]1O. The molecule has 5 aromatic rings. The molecule has 128 heavy (non-hydrogen) atoms. The lowest BCUT2D eigenvalue weighted by molar-refractivity contribution is -0.368. The lowest BCUT2D eigenvalue weighted by Crippen LogP contribution is -2.70. The maximum Gasteiger partial charge on any atom is 0.335 e.